The highest BCUT2D eigenvalue weighted by Gasteiger charge is 2.35. The molecule has 0 bridgehead atoms. The van der Waals surface area contributed by atoms with E-state index >= 15 is 0 Å². The van der Waals surface area contributed by atoms with Crippen LogP contribution in [-0.4, -0.2) is 13.1 Å². The number of hydrogen-bond acceptors (Lipinski definition) is 1. The van der Waals surface area contributed by atoms with Gasteiger partial charge in [0.2, 0.25) is 0 Å². The Labute approximate surface area is 76.9 Å². The van der Waals surface area contributed by atoms with E-state index in [9.17, 15) is 0 Å². The van der Waals surface area contributed by atoms with Crippen molar-refractivity contribution in [1.82, 2.24) is 5.32 Å². The lowest BCUT2D eigenvalue weighted by Crippen LogP contribution is -2.24. The van der Waals surface area contributed by atoms with Crippen LogP contribution in [0.2, 0.25) is 0 Å². The molecule has 1 rings (SSSR count). The largest absolute Gasteiger partial charge is 0.317 e. The lowest BCUT2D eigenvalue weighted by atomic mass is 9.90. The topological polar surface area (TPSA) is 12.0 Å². The third kappa shape index (κ3) is 2.48. The Kier molecular flexibility index (Phi) is 3.16. The Morgan fingerprint density at radius 1 is 1.33 bits per heavy atom. The summed E-state index contributed by atoms with van der Waals surface area (Å²) in [7, 11) is 0. The second kappa shape index (κ2) is 3.78. The van der Waals surface area contributed by atoms with Crippen LogP contribution >= 0.6 is 0 Å². The summed E-state index contributed by atoms with van der Waals surface area (Å²) in [5.41, 5.74) is 0.597. The van der Waals surface area contributed by atoms with Crippen LogP contribution in [0.5, 0.6) is 0 Å². The maximum Gasteiger partial charge on any atom is -0.00179 e. The summed E-state index contributed by atoms with van der Waals surface area (Å²) in [6.45, 7) is 11.7. The molecule has 72 valence electrons. The highest BCUT2D eigenvalue weighted by molar-refractivity contribution is 4.87. The predicted molar refractivity (Wildman–Crippen MR) is 54.2 cm³/mol. The van der Waals surface area contributed by atoms with E-state index in [1.54, 1.807) is 0 Å². The van der Waals surface area contributed by atoms with Gasteiger partial charge in [0.05, 0.1) is 0 Å². The van der Waals surface area contributed by atoms with Crippen LogP contribution < -0.4 is 5.32 Å². The first-order valence-corrected chi connectivity index (χ1v) is 5.26. The van der Waals surface area contributed by atoms with Crippen LogP contribution in [0.3, 0.4) is 0 Å². The number of nitrogens with one attached hydrogen (secondary N) is 1. The summed E-state index contributed by atoms with van der Waals surface area (Å²) in [5, 5.41) is 3.46. The van der Waals surface area contributed by atoms with Gasteiger partial charge in [0.25, 0.3) is 0 Å². The Morgan fingerprint density at radius 2 is 2.00 bits per heavy atom. The molecule has 2 atom stereocenters. The van der Waals surface area contributed by atoms with Gasteiger partial charge in [-0.1, -0.05) is 27.7 Å². The molecule has 0 aromatic heterocycles. The Balaban J connectivity index is 2.36. The first kappa shape index (κ1) is 10.0. The monoisotopic (exact) mass is 169 g/mol. The van der Waals surface area contributed by atoms with E-state index in [4.69, 9.17) is 0 Å². The van der Waals surface area contributed by atoms with Gasteiger partial charge >= 0.3 is 0 Å². The minimum absolute atomic E-state index is 0.597. The fourth-order valence-corrected chi connectivity index (χ4v) is 2.64. The average Bonchev–Trinajstić information content (AvgIpc) is 2.20. The van der Waals surface area contributed by atoms with Crippen molar-refractivity contribution in [2.45, 2.75) is 40.5 Å². The molecule has 1 heteroatoms. The van der Waals surface area contributed by atoms with E-state index in [1.165, 1.54) is 19.4 Å². The van der Waals surface area contributed by atoms with Gasteiger partial charge in [0.15, 0.2) is 0 Å². The Bertz CT molecular complexity index is 140. The van der Waals surface area contributed by atoms with Gasteiger partial charge in [-0.05, 0) is 43.2 Å². The standard InChI is InChI=1S/C11H23N/c1-5-12-8-10-7-11(3,4)6-9(10)2/h9-10,12H,5-8H2,1-4H3. The van der Waals surface area contributed by atoms with Crippen LogP contribution in [0, 0.1) is 17.3 Å². The zero-order valence-corrected chi connectivity index (χ0v) is 8.98. The molecule has 1 nitrogen and oxygen atoms in total. The molecule has 0 spiro atoms. The van der Waals surface area contributed by atoms with Crippen LogP contribution in [0.25, 0.3) is 0 Å². The smallest absolute Gasteiger partial charge is 0.00179 e. The number of hydrogen-bond donors (Lipinski definition) is 1. The normalized spacial score (nSPS) is 34.0. The molecule has 1 saturated carbocycles. The summed E-state index contributed by atoms with van der Waals surface area (Å²) in [4.78, 5) is 0. The maximum atomic E-state index is 3.46. The number of rotatable bonds is 3. The van der Waals surface area contributed by atoms with E-state index in [1.807, 2.05) is 0 Å². The summed E-state index contributed by atoms with van der Waals surface area (Å²) in [5.74, 6) is 1.83. The van der Waals surface area contributed by atoms with Crippen molar-refractivity contribution in [3.8, 4) is 0 Å². The van der Waals surface area contributed by atoms with Gasteiger partial charge in [-0.25, -0.2) is 0 Å². The first-order valence-electron chi connectivity index (χ1n) is 5.26. The van der Waals surface area contributed by atoms with Crippen LogP contribution in [0.4, 0.5) is 0 Å². The maximum absolute atomic E-state index is 3.46. The lowest BCUT2D eigenvalue weighted by molar-refractivity contribution is 0.356. The predicted octanol–water partition coefficient (Wildman–Crippen LogP) is 2.67. The van der Waals surface area contributed by atoms with Crippen molar-refractivity contribution in [3.63, 3.8) is 0 Å². The molecular formula is C11H23N. The van der Waals surface area contributed by atoms with Gasteiger partial charge < -0.3 is 5.32 Å². The third-order valence-electron chi connectivity index (χ3n) is 3.15. The third-order valence-corrected chi connectivity index (χ3v) is 3.15. The molecule has 0 radical (unpaired) electrons. The molecule has 1 N–H and O–H groups in total. The minimum atomic E-state index is 0.597. The SMILES string of the molecule is CCNCC1CC(C)(C)CC1C. The van der Waals surface area contributed by atoms with Crippen molar-refractivity contribution in [3.05, 3.63) is 0 Å². The summed E-state index contributed by atoms with van der Waals surface area (Å²) < 4.78 is 0. The Hall–Kier alpha value is -0.0400. The van der Waals surface area contributed by atoms with Crippen molar-refractivity contribution < 1.29 is 0 Å². The van der Waals surface area contributed by atoms with E-state index < -0.39 is 0 Å². The molecule has 1 fully saturated rings. The van der Waals surface area contributed by atoms with E-state index in [0.717, 1.165) is 18.4 Å². The zero-order chi connectivity index (χ0) is 9.19. The molecule has 1 aliphatic rings. The molecule has 0 saturated heterocycles. The van der Waals surface area contributed by atoms with Crippen LogP contribution in [0.15, 0.2) is 0 Å². The van der Waals surface area contributed by atoms with Gasteiger partial charge in [0, 0.05) is 0 Å². The van der Waals surface area contributed by atoms with Crippen molar-refractivity contribution >= 4 is 0 Å². The van der Waals surface area contributed by atoms with Crippen LogP contribution in [-0.2, 0) is 0 Å². The molecule has 2 unspecified atom stereocenters. The molecule has 0 amide bonds. The van der Waals surface area contributed by atoms with Crippen molar-refractivity contribution in [2.24, 2.45) is 17.3 Å². The Morgan fingerprint density at radius 3 is 2.42 bits per heavy atom. The lowest BCUT2D eigenvalue weighted by Gasteiger charge is -2.17. The van der Waals surface area contributed by atoms with Gasteiger partial charge in [-0.15, -0.1) is 0 Å². The first-order chi connectivity index (χ1) is 5.55. The second-order valence-corrected chi connectivity index (χ2v) is 5.12. The molecule has 0 aromatic carbocycles. The summed E-state index contributed by atoms with van der Waals surface area (Å²) >= 11 is 0. The fourth-order valence-electron chi connectivity index (χ4n) is 2.64. The minimum Gasteiger partial charge on any atom is -0.317 e. The van der Waals surface area contributed by atoms with E-state index in [2.05, 4.69) is 33.0 Å². The highest BCUT2D eigenvalue weighted by Crippen LogP contribution is 2.44. The van der Waals surface area contributed by atoms with Crippen molar-refractivity contribution in [1.29, 1.82) is 0 Å². The molecule has 12 heavy (non-hydrogen) atoms. The average molecular weight is 169 g/mol. The van der Waals surface area contributed by atoms with Gasteiger partial charge in [-0.3, -0.25) is 0 Å². The summed E-state index contributed by atoms with van der Waals surface area (Å²) in [6.07, 6.45) is 2.81. The molecular weight excluding hydrogens is 146 g/mol. The van der Waals surface area contributed by atoms with E-state index in [-0.39, 0.29) is 0 Å². The second-order valence-electron chi connectivity index (χ2n) is 5.12. The van der Waals surface area contributed by atoms with E-state index in [0.29, 0.717) is 5.41 Å². The zero-order valence-electron chi connectivity index (χ0n) is 8.98. The fraction of sp³-hybridized carbons (Fsp3) is 1.00. The van der Waals surface area contributed by atoms with Gasteiger partial charge in [-0.2, -0.15) is 0 Å². The summed E-state index contributed by atoms with van der Waals surface area (Å²) in [6, 6.07) is 0. The molecule has 0 heterocycles. The van der Waals surface area contributed by atoms with Crippen LogP contribution in [0.1, 0.15) is 40.5 Å². The van der Waals surface area contributed by atoms with Gasteiger partial charge in [0.1, 0.15) is 0 Å². The quantitative estimate of drug-likeness (QED) is 0.685. The molecule has 1 aliphatic carbocycles. The molecule has 0 aromatic rings. The van der Waals surface area contributed by atoms with Crippen molar-refractivity contribution in [2.75, 3.05) is 13.1 Å². The molecule has 0 aliphatic heterocycles. The highest BCUT2D eigenvalue weighted by atomic mass is 14.8.